The fraction of sp³-hybridized carbons (Fsp3) is 0. The first-order valence-corrected chi connectivity index (χ1v) is 32.9. The molecule has 0 bridgehead atoms. The predicted octanol–water partition coefficient (Wildman–Crippen LogP) is 18.2. The molecule has 0 saturated heterocycles. The SMILES string of the molecule is c1ccc(N(c2ccccc2)c2cc3c4c(c2)N(c2ccccc2)c2c(ccc5c2c2ccccc2n5-c2ccccc2)B4c2cc4c(cc2N3c2ccccc2)Sc2cccc3c2B4c2ccc4c(c2N3c2ccccc2)c2ccccc2n4-c2ccccc2)cc1. The lowest BCUT2D eigenvalue weighted by atomic mass is 9.31. The normalized spacial score (nSPS) is 13.2. The van der Waals surface area contributed by atoms with Gasteiger partial charge in [0.1, 0.15) is 0 Å². The van der Waals surface area contributed by atoms with E-state index in [-0.39, 0.29) is 13.4 Å². The number of nitrogens with zero attached hydrogens (tertiary/aromatic N) is 6. The van der Waals surface area contributed by atoms with Gasteiger partial charge in [0.05, 0.1) is 39.1 Å². The molecule has 0 amide bonds. The Morgan fingerprint density at radius 1 is 0.258 bits per heavy atom. The van der Waals surface area contributed by atoms with E-state index in [9.17, 15) is 0 Å². The standard InChI is InChI=1S/C84H54B2N6S/c1-8-27-55(28-9-1)87(56-29-10-2-11-30-56)62-51-75-81-76(52-62)92(61-39-20-7-21-40-61)84-65(47-49-72-80(84)64-42-23-25-44-70(64)89(72)58-33-14-4-15-34-58)85(81)67-53-68-78(54-74(67)90(75)59-35-16-5-17-36-59)93-77-46-26-45-73-82(77)86(68)66-48-50-71-79(83(66)91(73)60-37-18-6-19-38-60)63-41-22-24-43-69(63)88(71)57-31-12-3-13-32-57/h1-54H. The molecule has 93 heavy (non-hydrogen) atoms. The van der Waals surface area contributed by atoms with Gasteiger partial charge in [0.15, 0.2) is 0 Å². The Kier molecular flexibility index (Phi) is 11.5. The second-order valence-corrected chi connectivity index (χ2v) is 25.8. The van der Waals surface area contributed by atoms with Gasteiger partial charge in [0.2, 0.25) is 6.71 Å². The van der Waals surface area contributed by atoms with Gasteiger partial charge < -0.3 is 28.7 Å². The maximum absolute atomic E-state index is 2.67. The summed E-state index contributed by atoms with van der Waals surface area (Å²) in [5, 5.41) is 4.90. The number of hydrogen-bond acceptors (Lipinski definition) is 5. The van der Waals surface area contributed by atoms with Crippen LogP contribution in [0.1, 0.15) is 0 Å². The highest BCUT2D eigenvalue weighted by Gasteiger charge is 2.48. The first-order valence-electron chi connectivity index (χ1n) is 32.1. The molecule has 2 aromatic heterocycles. The van der Waals surface area contributed by atoms with Crippen molar-refractivity contribution in [2.75, 3.05) is 19.6 Å². The third kappa shape index (κ3) is 7.63. The molecule has 0 unspecified atom stereocenters. The van der Waals surface area contributed by atoms with Crippen LogP contribution in [0.15, 0.2) is 337 Å². The van der Waals surface area contributed by atoms with E-state index in [2.05, 4.69) is 356 Å². The summed E-state index contributed by atoms with van der Waals surface area (Å²) in [5.74, 6) is 0. The quantitative estimate of drug-likeness (QED) is 0.141. The lowest BCUT2D eigenvalue weighted by Crippen LogP contribution is -2.64. The third-order valence-electron chi connectivity index (χ3n) is 19.8. The summed E-state index contributed by atoms with van der Waals surface area (Å²) in [6.45, 7) is -0.314. The maximum Gasteiger partial charge on any atom is 0.252 e. The van der Waals surface area contributed by atoms with E-state index in [0.29, 0.717) is 0 Å². The van der Waals surface area contributed by atoms with Crippen LogP contribution in [-0.4, -0.2) is 22.6 Å². The Morgan fingerprint density at radius 3 is 1.18 bits per heavy atom. The second-order valence-electron chi connectivity index (χ2n) is 24.7. The van der Waals surface area contributed by atoms with Gasteiger partial charge in [-0.05, 0) is 167 Å². The molecule has 14 aromatic carbocycles. The molecule has 20 rings (SSSR count). The van der Waals surface area contributed by atoms with Crippen molar-refractivity contribution < 1.29 is 0 Å². The fourth-order valence-corrected chi connectivity index (χ4v) is 17.4. The summed E-state index contributed by atoms with van der Waals surface area (Å²) in [6, 6.07) is 122. The van der Waals surface area contributed by atoms with Crippen LogP contribution in [-0.2, 0) is 0 Å². The molecule has 0 saturated carbocycles. The predicted molar refractivity (Wildman–Crippen MR) is 394 cm³/mol. The number of fused-ring (bicyclic) bond motifs is 16. The molecule has 0 aliphatic carbocycles. The van der Waals surface area contributed by atoms with Gasteiger partial charge in [-0.3, -0.25) is 0 Å². The molecule has 0 atom stereocenters. The Bertz CT molecular complexity index is 5650. The first kappa shape index (κ1) is 52.2. The molecule has 0 spiro atoms. The summed E-state index contributed by atoms with van der Waals surface area (Å²) in [5.41, 5.74) is 28.3. The fourth-order valence-electron chi connectivity index (χ4n) is 16.2. The van der Waals surface area contributed by atoms with Crippen LogP contribution < -0.4 is 52.4 Å². The molecule has 0 N–H and O–H groups in total. The number of anilines is 12. The Morgan fingerprint density at radius 2 is 0.677 bits per heavy atom. The third-order valence-corrected chi connectivity index (χ3v) is 21.0. The minimum Gasteiger partial charge on any atom is -0.311 e. The van der Waals surface area contributed by atoms with E-state index in [4.69, 9.17) is 0 Å². The Hall–Kier alpha value is -11.6. The van der Waals surface area contributed by atoms with Crippen LogP contribution in [0.5, 0.6) is 0 Å². The Balaban J connectivity index is 0.920. The highest BCUT2D eigenvalue weighted by atomic mass is 32.2. The summed E-state index contributed by atoms with van der Waals surface area (Å²) >= 11 is 1.92. The molecule has 432 valence electrons. The zero-order valence-corrected chi connectivity index (χ0v) is 51.2. The van der Waals surface area contributed by atoms with E-state index < -0.39 is 0 Å². The summed E-state index contributed by atoms with van der Waals surface area (Å²) in [7, 11) is 0. The van der Waals surface area contributed by atoms with E-state index in [1.54, 1.807) is 0 Å². The minimum atomic E-state index is -0.207. The summed E-state index contributed by atoms with van der Waals surface area (Å²) < 4.78 is 4.94. The maximum atomic E-state index is 2.67. The smallest absolute Gasteiger partial charge is 0.252 e. The molecule has 9 heteroatoms. The molecule has 4 aliphatic rings. The molecule has 6 heterocycles. The first-order chi connectivity index (χ1) is 46.2. The van der Waals surface area contributed by atoms with Gasteiger partial charge in [-0.25, -0.2) is 0 Å². The monoisotopic (exact) mass is 1200 g/mol. The minimum absolute atomic E-state index is 0.107. The molecule has 0 radical (unpaired) electrons. The van der Waals surface area contributed by atoms with Crippen molar-refractivity contribution in [2.45, 2.75) is 9.79 Å². The van der Waals surface area contributed by atoms with Crippen LogP contribution in [0.2, 0.25) is 0 Å². The molecule has 16 aromatic rings. The van der Waals surface area contributed by atoms with Crippen molar-refractivity contribution in [2.24, 2.45) is 0 Å². The highest BCUT2D eigenvalue weighted by Crippen LogP contribution is 2.53. The van der Waals surface area contributed by atoms with E-state index in [1.165, 1.54) is 103 Å². The molecule has 4 aliphatic heterocycles. The van der Waals surface area contributed by atoms with Gasteiger partial charge in [0.25, 0.3) is 6.71 Å². The van der Waals surface area contributed by atoms with Crippen molar-refractivity contribution in [3.8, 4) is 11.4 Å². The number of aromatic nitrogens is 2. The molecule has 6 nitrogen and oxygen atoms in total. The molecular weight excluding hydrogens is 1150 g/mol. The average Bonchev–Trinajstić information content (AvgIpc) is 1.56. The highest BCUT2D eigenvalue weighted by molar-refractivity contribution is 8.00. The van der Waals surface area contributed by atoms with Crippen LogP contribution in [0.4, 0.5) is 68.2 Å². The van der Waals surface area contributed by atoms with Gasteiger partial charge in [-0.15, -0.1) is 0 Å². The van der Waals surface area contributed by atoms with Gasteiger partial charge in [0, 0.05) is 93.9 Å². The largest absolute Gasteiger partial charge is 0.311 e. The summed E-state index contributed by atoms with van der Waals surface area (Å²) in [6.07, 6.45) is 0. The van der Waals surface area contributed by atoms with E-state index in [0.717, 1.165) is 62.4 Å². The molecule has 0 fully saturated rings. The second kappa shape index (κ2) is 20.4. The lowest BCUT2D eigenvalue weighted by Gasteiger charge is -2.46. The van der Waals surface area contributed by atoms with Gasteiger partial charge in [-0.2, -0.15) is 0 Å². The zero-order valence-electron chi connectivity index (χ0n) is 50.4. The topological polar surface area (TPSA) is 22.8 Å². The summed E-state index contributed by atoms with van der Waals surface area (Å²) in [4.78, 5) is 12.8. The molecular formula is C84H54B2N6S. The number of benzene rings is 14. The number of hydrogen-bond donors (Lipinski definition) is 0. The number of para-hydroxylation sites is 9. The number of rotatable bonds is 8. The zero-order chi connectivity index (χ0) is 60.8. The van der Waals surface area contributed by atoms with Crippen molar-refractivity contribution in [1.82, 2.24) is 9.13 Å². The van der Waals surface area contributed by atoms with Crippen molar-refractivity contribution >= 4 is 170 Å². The Labute approximate surface area is 543 Å². The van der Waals surface area contributed by atoms with Gasteiger partial charge in [-0.1, -0.05) is 205 Å². The van der Waals surface area contributed by atoms with Crippen LogP contribution in [0, 0.1) is 0 Å². The van der Waals surface area contributed by atoms with Gasteiger partial charge >= 0.3 is 0 Å². The average molecular weight is 1200 g/mol. The van der Waals surface area contributed by atoms with Crippen LogP contribution >= 0.6 is 11.8 Å². The van der Waals surface area contributed by atoms with Crippen molar-refractivity contribution in [3.63, 3.8) is 0 Å². The van der Waals surface area contributed by atoms with Crippen LogP contribution in [0.3, 0.4) is 0 Å². The van der Waals surface area contributed by atoms with Crippen molar-refractivity contribution in [3.05, 3.63) is 328 Å². The lowest BCUT2D eigenvalue weighted by molar-refractivity contribution is 1.18. The van der Waals surface area contributed by atoms with E-state index >= 15 is 0 Å². The van der Waals surface area contributed by atoms with Crippen LogP contribution in [0.25, 0.3) is 55.0 Å². The van der Waals surface area contributed by atoms with Crippen molar-refractivity contribution in [1.29, 1.82) is 0 Å². The van der Waals surface area contributed by atoms with E-state index in [1.807, 2.05) is 11.8 Å².